The fraction of sp³-hybridized carbons (Fsp3) is 0.345. The van der Waals surface area contributed by atoms with E-state index >= 15 is 0 Å². The third kappa shape index (κ3) is 6.06. The van der Waals surface area contributed by atoms with Crippen LogP contribution in [0.4, 0.5) is 11.5 Å². The second-order valence-electron chi connectivity index (χ2n) is 10.2. The minimum atomic E-state index is -0.104. The second-order valence-corrected chi connectivity index (χ2v) is 10.2. The number of rotatable bonds is 8. The first-order chi connectivity index (χ1) is 18.8. The summed E-state index contributed by atoms with van der Waals surface area (Å²) in [6.45, 7) is 8.94. The molecular formula is C29H34N8O2. The predicted octanol–water partition coefficient (Wildman–Crippen LogP) is 2.98. The van der Waals surface area contributed by atoms with Crippen molar-refractivity contribution in [2.75, 3.05) is 39.0 Å². The standard InChI is InChI=1S/C29H34N8O2/c1-19(29(39)34-23-8-9-23)14-24-25(16-32-28(30)27(24)31-2)21-6-4-20(5-7-21)22-15-33-37(17-22)18-26(38)36-12-10-35(3)11-13-36/h4-7,14-17,23H,2,8-13,18H2,1,3H3,(H2,30,32)(H,34,39)/b19-14+. The highest BCUT2D eigenvalue weighted by Gasteiger charge is 2.24. The van der Waals surface area contributed by atoms with Crippen molar-refractivity contribution >= 4 is 36.1 Å². The van der Waals surface area contributed by atoms with Crippen LogP contribution in [0, 0.1) is 0 Å². The maximum atomic E-state index is 12.7. The van der Waals surface area contributed by atoms with E-state index in [1.165, 1.54) is 0 Å². The van der Waals surface area contributed by atoms with Crippen LogP contribution in [0.2, 0.25) is 0 Å². The van der Waals surface area contributed by atoms with Crippen molar-refractivity contribution in [1.82, 2.24) is 29.9 Å². The molecule has 1 aliphatic carbocycles. The Labute approximate surface area is 228 Å². The molecule has 2 aromatic heterocycles. The molecule has 202 valence electrons. The van der Waals surface area contributed by atoms with Gasteiger partial charge in [-0.1, -0.05) is 24.3 Å². The van der Waals surface area contributed by atoms with Gasteiger partial charge >= 0.3 is 0 Å². The van der Waals surface area contributed by atoms with Gasteiger partial charge in [0.1, 0.15) is 18.1 Å². The van der Waals surface area contributed by atoms with Crippen LogP contribution < -0.4 is 11.1 Å². The Morgan fingerprint density at radius 1 is 1.10 bits per heavy atom. The van der Waals surface area contributed by atoms with Crippen molar-refractivity contribution in [3.05, 3.63) is 54.0 Å². The summed E-state index contributed by atoms with van der Waals surface area (Å²) in [5, 5.41) is 7.42. The summed E-state index contributed by atoms with van der Waals surface area (Å²) in [4.78, 5) is 37.8. The Kier molecular flexibility index (Phi) is 7.56. The van der Waals surface area contributed by atoms with Gasteiger partial charge in [-0.15, -0.1) is 0 Å². The first kappa shape index (κ1) is 26.3. The summed E-state index contributed by atoms with van der Waals surface area (Å²) in [7, 11) is 2.07. The first-order valence-electron chi connectivity index (χ1n) is 13.2. The topological polar surface area (TPSA) is 122 Å². The van der Waals surface area contributed by atoms with Crippen molar-refractivity contribution in [2.24, 2.45) is 4.99 Å². The highest BCUT2D eigenvalue weighted by Crippen LogP contribution is 2.36. The molecule has 2 amide bonds. The second kappa shape index (κ2) is 11.2. The average molecular weight is 527 g/mol. The molecule has 0 atom stereocenters. The molecule has 0 unspecified atom stereocenters. The molecule has 1 aliphatic heterocycles. The van der Waals surface area contributed by atoms with Gasteiger partial charge < -0.3 is 20.9 Å². The Morgan fingerprint density at radius 2 is 1.79 bits per heavy atom. The van der Waals surface area contributed by atoms with Crippen molar-refractivity contribution in [3.63, 3.8) is 0 Å². The van der Waals surface area contributed by atoms with E-state index in [4.69, 9.17) is 5.73 Å². The number of nitrogens with zero attached hydrogens (tertiary/aromatic N) is 6. The molecule has 3 aromatic rings. The third-order valence-electron chi connectivity index (χ3n) is 7.23. The van der Waals surface area contributed by atoms with Gasteiger partial charge in [-0.2, -0.15) is 5.10 Å². The van der Waals surface area contributed by atoms with E-state index in [2.05, 4.69) is 39.1 Å². The SMILES string of the molecule is C=Nc1c(N)ncc(-c2ccc(-c3cnn(CC(=O)N4CCN(C)CC4)c3)cc2)c1/C=C(\C)C(=O)NC1CC1. The highest BCUT2D eigenvalue weighted by molar-refractivity contribution is 6.00. The summed E-state index contributed by atoms with van der Waals surface area (Å²) in [6, 6.07) is 8.23. The number of aliphatic imine (C=N–C) groups is 1. The zero-order valence-electron chi connectivity index (χ0n) is 22.4. The number of likely N-dealkylation sites (N-methyl/N-ethyl adjacent to an activating group) is 1. The van der Waals surface area contributed by atoms with E-state index < -0.39 is 0 Å². The van der Waals surface area contributed by atoms with Gasteiger partial charge in [0.25, 0.3) is 0 Å². The molecule has 0 bridgehead atoms. The van der Waals surface area contributed by atoms with Crippen LogP contribution in [-0.4, -0.2) is 82.4 Å². The summed E-state index contributed by atoms with van der Waals surface area (Å²) in [5.41, 5.74) is 11.4. The maximum Gasteiger partial charge on any atom is 0.247 e. The fourth-order valence-corrected chi connectivity index (χ4v) is 4.62. The highest BCUT2D eigenvalue weighted by atomic mass is 16.2. The number of carbonyl (C=O) groups excluding carboxylic acids is 2. The van der Waals surface area contributed by atoms with Crippen LogP contribution in [0.1, 0.15) is 25.3 Å². The van der Waals surface area contributed by atoms with Gasteiger partial charge in [0, 0.05) is 66.9 Å². The van der Waals surface area contributed by atoms with Crippen molar-refractivity contribution in [2.45, 2.75) is 32.4 Å². The monoisotopic (exact) mass is 526 g/mol. The first-order valence-corrected chi connectivity index (χ1v) is 13.2. The zero-order chi connectivity index (χ0) is 27.5. The lowest BCUT2D eigenvalue weighted by atomic mass is 9.96. The van der Waals surface area contributed by atoms with Crippen LogP contribution in [0.3, 0.4) is 0 Å². The van der Waals surface area contributed by atoms with Crippen LogP contribution in [0.25, 0.3) is 28.3 Å². The van der Waals surface area contributed by atoms with E-state index in [0.29, 0.717) is 16.8 Å². The van der Waals surface area contributed by atoms with Gasteiger partial charge in [0.05, 0.1) is 6.20 Å². The van der Waals surface area contributed by atoms with Crippen LogP contribution in [0.15, 0.2) is 53.4 Å². The number of hydrogen-bond donors (Lipinski definition) is 2. The molecule has 2 fully saturated rings. The Bertz CT molecular complexity index is 1410. The number of hydrogen-bond acceptors (Lipinski definition) is 7. The predicted molar refractivity (Wildman–Crippen MR) is 153 cm³/mol. The molecular weight excluding hydrogens is 492 g/mol. The van der Waals surface area contributed by atoms with E-state index in [1.807, 2.05) is 35.4 Å². The summed E-state index contributed by atoms with van der Waals surface area (Å²) >= 11 is 0. The number of benzene rings is 1. The third-order valence-corrected chi connectivity index (χ3v) is 7.23. The Hall–Kier alpha value is -4.31. The summed E-state index contributed by atoms with van der Waals surface area (Å²) < 4.78 is 1.69. The Balaban J connectivity index is 1.35. The number of nitrogens with one attached hydrogen (secondary N) is 1. The number of nitrogen functional groups attached to an aromatic ring is 1. The molecule has 2 aliphatic rings. The van der Waals surface area contributed by atoms with E-state index in [-0.39, 0.29) is 30.2 Å². The number of nitrogens with two attached hydrogens (primary N) is 1. The number of pyridine rings is 1. The molecule has 3 heterocycles. The largest absolute Gasteiger partial charge is 0.382 e. The molecule has 1 saturated heterocycles. The molecule has 0 radical (unpaired) electrons. The quantitative estimate of drug-likeness (QED) is 0.344. The minimum Gasteiger partial charge on any atom is -0.382 e. The van der Waals surface area contributed by atoms with Gasteiger partial charge in [0.15, 0.2) is 0 Å². The summed E-state index contributed by atoms with van der Waals surface area (Å²) in [5.74, 6) is 0.232. The van der Waals surface area contributed by atoms with Crippen molar-refractivity contribution < 1.29 is 9.59 Å². The summed E-state index contributed by atoms with van der Waals surface area (Å²) in [6.07, 6.45) is 9.19. The van der Waals surface area contributed by atoms with Crippen LogP contribution >= 0.6 is 0 Å². The lowest BCUT2D eigenvalue weighted by Crippen LogP contribution is -2.48. The van der Waals surface area contributed by atoms with E-state index in [9.17, 15) is 9.59 Å². The molecule has 1 aromatic carbocycles. The molecule has 1 saturated carbocycles. The van der Waals surface area contributed by atoms with E-state index in [0.717, 1.165) is 61.3 Å². The molecule has 10 nitrogen and oxygen atoms in total. The number of aromatic nitrogens is 3. The molecule has 3 N–H and O–H groups in total. The van der Waals surface area contributed by atoms with Gasteiger partial charge in [0.2, 0.25) is 11.8 Å². The maximum absolute atomic E-state index is 12.7. The number of carbonyl (C=O) groups is 2. The number of anilines is 1. The van der Waals surface area contributed by atoms with Gasteiger partial charge in [-0.3, -0.25) is 19.3 Å². The van der Waals surface area contributed by atoms with Gasteiger partial charge in [-0.05, 0) is 50.7 Å². The van der Waals surface area contributed by atoms with Crippen molar-refractivity contribution in [1.29, 1.82) is 0 Å². The normalized spacial score (nSPS) is 16.3. The smallest absolute Gasteiger partial charge is 0.247 e. The molecule has 39 heavy (non-hydrogen) atoms. The average Bonchev–Trinajstić information content (AvgIpc) is 3.63. The number of amides is 2. The van der Waals surface area contributed by atoms with Crippen molar-refractivity contribution in [3.8, 4) is 22.3 Å². The lowest BCUT2D eigenvalue weighted by molar-refractivity contribution is -0.133. The number of piperazine rings is 1. The Morgan fingerprint density at radius 3 is 2.46 bits per heavy atom. The van der Waals surface area contributed by atoms with Crippen LogP contribution in [0.5, 0.6) is 0 Å². The molecule has 10 heteroatoms. The zero-order valence-corrected chi connectivity index (χ0v) is 22.4. The molecule has 0 spiro atoms. The van der Waals surface area contributed by atoms with Crippen LogP contribution in [-0.2, 0) is 16.1 Å². The van der Waals surface area contributed by atoms with E-state index in [1.54, 1.807) is 30.1 Å². The lowest BCUT2D eigenvalue weighted by Gasteiger charge is -2.32. The minimum absolute atomic E-state index is 0.0808. The van der Waals surface area contributed by atoms with Gasteiger partial charge in [-0.25, -0.2) is 4.98 Å². The fourth-order valence-electron chi connectivity index (χ4n) is 4.62. The molecule has 5 rings (SSSR count).